The molecule has 1 N–H and O–H groups in total. The fourth-order valence-corrected chi connectivity index (χ4v) is 4.07. The number of aryl methyl sites for hydroxylation is 2. The lowest BCUT2D eigenvalue weighted by atomic mass is 9.97. The van der Waals surface area contributed by atoms with E-state index in [2.05, 4.69) is 118 Å². The fourth-order valence-electron chi connectivity index (χ4n) is 4.07. The zero-order valence-electron chi connectivity index (χ0n) is 22.3. The van der Waals surface area contributed by atoms with Gasteiger partial charge in [0.05, 0.1) is 12.2 Å². The van der Waals surface area contributed by atoms with E-state index in [0.29, 0.717) is 6.54 Å². The number of amidine groups is 1. The third-order valence-electron chi connectivity index (χ3n) is 6.62. The Labute approximate surface area is 217 Å². The zero-order chi connectivity index (χ0) is 26.1. The molecule has 3 heteroatoms. The van der Waals surface area contributed by atoms with Crippen LogP contribution in [0.5, 0.6) is 0 Å². The molecule has 0 bridgehead atoms. The summed E-state index contributed by atoms with van der Waals surface area (Å²) in [6, 6.07) is 23.4. The molecule has 1 aliphatic carbocycles. The molecule has 186 valence electrons. The van der Waals surface area contributed by atoms with E-state index in [9.17, 15) is 0 Å². The molecule has 2 aliphatic rings. The van der Waals surface area contributed by atoms with E-state index in [1.54, 1.807) is 0 Å². The molecule has 1 aliphatic heterocycles. The predicted molar refractivity (Wildman–Crippen MR) is 158 cm³/mol. The summed E-state index contributed by atoms with van der Waals surface area (Å²) in [6.07, 6.45) is 3.73. The minimum absolute atomic E-state index is 0.665. The van der Waals surface area contributed by atoms with Gasteiger partial charge in [0.25, 0.3) is 0 Å². The third kappa shape index (κ3) is 6.91. The van der Waals surface area contributed by atoms with Crippen LogP contribution in [0.25, 0.3) is 11.1 Å². The molecule has 36 heavy (non-hydrogen) atoms. The van der Waals surface area contributed by atoms with Gasteiger partial charge in [0, 0.05) is 17.0 Å². The minimum atomic E-state index is 0.665. The summed E-state index contributed by atoms with van der Waals surface area (Å²) < 4.78 is 0. The molecule has 0 saturated heterocycles. The van der Waals surface area contributed by atoms with Gasteiger partial charge < -0.3 is 5.32 Å². The molecule has 0 aromatic heterocycles. The van der Waals surface area contributed by atoms with Crippen molar-refractivity contribution in [3.05, 3.63) is 114 Å². The van der Waals surface area contributed by atoms with E-state index in [1.807, 2.05) is 6.07 Å². The molecular formula is C33H39N3. The highest BCUT2D eigenvalue weighted by atomic mass is 15.1. The number of hydrogen-bond acceptors (Lipinski definition) is 3. The van der Waals surface area contributed by atoms with E-state index >= 15 is 0 Å². The molecule has 1 fully saturated rings. The summed E-state index contributed by atoms with van der Waals surface area (Å²) in [4.78, 5) is 9.21. The minimum Gasteiger partial charge on any atom is -0.342 e. The first-order valence-electron chi connectivity index (χ1n) is 12.8. The summed E-state index contributed by atoms with van der Waals surface area (Å²) in [7, 11) is 0. The highest BCUT2D eigenvalue weighted by molar-refractivity contribution is 6.06. The first-order valence-corrected chi connectivity index (χ1v) is 12.8. The standard InChI is InChI=1S/C18H18N2.C13H17N.C2H4/c1-3-14-8-10-15(11-9-14)16-6-4-5-7-17(16)18-19-12-13(2)20-18;1-9-5-4-6-13(10(9)2)14-11(3)12-7-8-12;1-2/h4-11H,2-3,12H2,1H3,(H,19,20);4-6,12H,7-8H2,1-3H3;1-2H2. The molecule has 1 heterocycles. The summed E-state index contributed by atoms with van der Waals surface area (Å²) in [5.74, 6) is 1.69. The van der Waals surface area contributed by atoms with Gasteiger partial charge in [-0.2, -0.15) is 0 Å². The van der Waals surface area contributed by atoms with Gasteiger partial charge in [-0.1, -0.05) is 74.2 Å². The lowest BCUT2D eigenvalue weighted by Crippen LogP contribution is -2.18. The zero-order valence-corrected chi connectivity index (χ0v) is 22.3. The van der Waals surface area contributed by atoms with E-state index in [-0.39, 0.29) is 0 Å². The monoisotopic (exact) mass is 477 g/mol. The van der Waals surface area contributed by atoms with E-state index in [0.717, 1.165) is 35.1 Å². The second-order valence-electron chi connectivity index (χ2n) is 9.24. The second kappa shape index (κ2) is 12.8. The largest absolute Gasteiger partial charge is 0.342 e. The molecule has 0 radical (unpaired) electrons. The number of benzene rings is 3. The molecule has 3 nitrogen and oxygen atoms in total. The topological polar surface area (TPSA) is 36.8 Å². The Morgan fingerprint density at radius 2 is 1.61 bits per heavy atom. The molecule has 0 amide bonds. The van der Waals surface area contributed by atoms with Gasteiger partial charge >= 0.3 is 0 Å². The predicted octanol–water partition coefficient (Wildman–Crippen LogP) is 8.39. The highest BCUT2D eigenvalue weighted by Crippen LogP contribution is 2.32. The highest BCUT2D eigenvalue weighted by Gasteiger charge is 2.24. The van der Waals surface area contributed by atoms with Crippen molar-refractivity contribution in [3.63, 3.8) is 0 Å². The average molecular weight is 478 g/mol. The van der Waals surface area contributed by atoms with Crippen molar-refractivity contribution in [2.75, 3.05) is 6.54 Å². The van der Waals surface area contributed by atoms with Gasteiger partial charge in [-0.3, -0.25) is 9.98 Å². The summed E-state index contributed by atoms with van der Waals surface area (Å²) in [5, 5.41) is 3.26. The van der Waals surface area contributed by atoms with Crippen LogP contribution in [0, 0.1) is 19.8 Å². The first kappa shape index (κ1) is 26.9. The Kier molecular flexibility index (Phi) is 9.58. The SMILES string of the molecule is C=C.C=C1CN=C(c2ccccc2-c2ccc(CC)cc2)N1.CC(=Nc1cccc(C)c1C)C1CC1. The number of aliphatic imine (C=N–C) groups is 2. The lowest BCUT2D eigenvalue weighted by Gasteiger charge is -2.11. The number of nitrogens with zero attached hydrogens (tertiary/aromatic N) is 2. The molecule has 0 unspecified atom stereocenters. The van der Waals surface area contributed by atoms with Crippen molar-refractivity contribution in [3.8, 4) is 11.1 Å². The Morgan fingerprint density at radius 1 is 0.944 bits per heavy atom. The Hall–Kier alpha value is -3.72. The Balaban J connectivity index is 0.000000198. The maximum atomic E-state index is 4.70. The van der Waals surface area contributed by atoms with Crippen LogP contribution in [0.1, 0.15) is 48.9 Å². The maximum absolute atomic E-state index is 4.70. The van der Waals surface area contributed by atoms with Crippen LogP contribution in [0.15, 0.2) is 102 Å². The molecule has 1 saturated carbocycles. The van der Waals surface area contributed by atoms with Crippen molar-refractivity contribution < 1.29 is 0 Å². The summed E-state index contributed by atoms with van der Waals surface area (Å²) >= 11 is 0. The van der Waals surface area contributed by atoms with Gasteiger partial charge in [-0.05, 0) is 79.8 Å². The first-order chi connectivity index (χ1) is 17.5. The van der Waals surface area contributed by atoms with Crippen molar-refractivity contribution in [1.82, 2.24) is 5.32 Å². The number of nitrogens with one attached hydrogen (secondary N) is 1. The molecule has 3 aromatic rings. The van der Waals surface area contributed by atoms with Crippen LogP contribution in [0.4, 0.5) is 5.69 Å². The number of rotatable bonds is 5. The van der Waals surface area contributed by atoms with Crippen LogP contribution < -0.4 is 5.32 Å². The normalized spacial score (nSPS) is 14.6. The summed E-state index contributed by atoms with van der Waals surface area (Å²) in [6.45, 7) is 19.2. The third-order valence-corrected chi connectivity index (χ3v) is 6.62. The van der Waals surface area contributed by atoms with Gasteiger partial charge in [-0.25, -0.2) is 0 Å². The van der Waals surface area contributed by atoms with Gasteiger partial charge in [0.15, 0.2) is 0 Å². The van der Waals surface area contributed by atoms with Crippen LogP contribution in [-0.4, -0.2) is 18.1 Å². The second-order valence-corrected chi connectivity index (χ2v) is 9.24. The van der Waals surface area contributed by atoms with Gasteiger partial charge in [0.1, 0.15) is 5.84 Å². The Morgan fingerprint density at radius 3 is 2.19 bits per heavy atom. The Bertz CT molecular complexity index is 1240. The van der Waals surface area contributed by atoms with Crippen molar-refractivity contribution in [2.45, 2.75) is 47.0 Å². The lowest BCUT2D eigenvalue weighted by molar-refractivity contribution is 1.12. The van der Waals surface area contributed by atoms with Crippen LogP contribution in [-0.2, 0) is 6.42 Å². The number of hydrogen-bond donors (Lipinski definition) is 1. The van der Waals surface area contributed by atoms with Crippen LogP contribution in [0.3, 0.4) is 0 Å². The van der Waals surface area contributed by atoms with E-state index in [1.165, 1.54) is 46.4 Å². The quantitative estimate of drug-likeness (QED) is 0.291. The van der Waals surface area contributed by atoms with Crippen LogP contribution in [0.2, 0.25) is 0 Å². The smallest absolute Gasteiger partial charge is 0.133 e. The van der Waals surface area contributed by atoms with Gasteiger partial charge in [-0.15, -0.1) is 13.2 Å². The molecule has 5 rings (SSSR count). The van der Waals surface area contributed by atoms with Crippen LogP contribution >= 0.6 is 0 Å². The average Bonchev–Trinajstić information content (AvgIpc) is 3.69. The molecular weight excluding hydrogens is 438 g/mol. The molecule has 0 atom stereocenters. The van der Waals surface area contributed by atoms with Crippen molar-refractivity contribution in [2.24, 2.45) is 15.9 Å². The molecule has 0 spiro atoms. The summed E-state index contributed by atoms with van der Waals surface area (Å²) in [5.41, 5.74) is 11.0. The van der Waals surface area contributed by atoms with Crippen molar-refractivity contribution >= 4 is 17.2 Å². The van der Waals surface area contributed by atoms with Gasteiger partial charge in [0.2, 0.25) is 0 Å². The van der Waals surface area contributed by atoms with E-state index < -0.39 is 0 Å². The fraction of sp³-hybridized carbons (Fsp3) is 0.273. The molecule has 3 aromatic carbocycles. The maximum Gasteiger partial charge on any atom is 0.133 e. The van der Waals surface area contributed by atoms with E-state index in [4.69, 9.17) is 4.99 Å². The van der Waals surface area contributed by atoms with Crippen molar-refractivity contribution in [1.29, 1.82) is 0 Å².